The predicted molar refractivity (Wildman–Crippen MR) is 72.3 cm³/mol. The maximum Gasteiger partial charge on any atom is 0.0827 e. The average Bonchev–Trinajstić information content (AvgIpc) is 2.85. The van der Waals surface area contributed by atoms with Crippen LogP contribution in [-0.2, 0) is 19.4 Å². The Bertz CT molecular complexity index is 473. The number of rotatable bonds is 6. The second kappa shape index (κ2) is 6.31. The number of hydrogen-bond donors (Lipinski definition) is 1. The van der Waals surface area contributed by atoms with Crippen LogP contribution in [-0.4, -0.2) is 21.5 Å². The van der Waals surface area contributed by atoms with Gasteiger partial charge in [0.1, 0.15) is 0 Å². The molecule has 0 saturated heterocycles. The van der Waals surface area contributed by atoms with Gasteiger partial charge in [-0.25, -0.2) is 4.68 Å². The summed E-state index contributed by atoms with van der Waals surface area (Å²) in [7, 11) is 0. The van der Waals surface area contributed by atoms with Crippen molar-refractivity contribution < 1.29 is 0 Å². The van der Waals surface area contributed by atoms with Crippen LogP contribution < -0.4 is 5.73 Å². The van der Waals surface area contributed by atoms with E-state index in [9.17, 15) is 0 Å². The lowest BCUT2D eigenvalue weighted by Crippen LogP contribution is -2.01. The quantitative estimate of drug-likeness (QED) is 0.842. The standard InChI is InChI=1S/C14H20N4/c1-2-12-5-7-13(8-6-12)10-18-11-14(16-17-18)4-3-9-15/h5-8,11H,2-4,9-10,15H2,1H3. The van der Waals surface area contributed by atoms with Crippen molar-refractivity contribution in [3.05, 3.63) is 47.3 Å². The van der Waals surface area contributed by atoms with E-state index in [1.807, 2.05) is 10.9 Å². The van der Waals surface area contributed by atoms with Crippen molar-refractivity contribution in [1.29, 1.82) is 0 Å². The van der Waals surface area contributed by atoms with Crippen molar-refractivity contribution in [2.24, 2.45) is 5.73 Å². The minimum absolute atomic E-state index is 0.700. The van der Waals surface area contributed by atoms with E-state index in [1.54, 1.807) is 0 Å². The highest BCUT2D eigenvalue weighted by atomic mass is 15.4. The summed E-state index contributed by atoms with van der Waals surface area (Å²) in [5, 5.41) is 8.27. The fourth-order valence-electron chi connectivity index (χ4n) is 1.88. The highest BCUT2D eigenvalue weighted by Crippen LogP contribution is 2.07. The first-order chi connectivity index (χ1) is 8.81. The molecule has 0 bridgehead atoms. The molecule has 2 rings (SSSR count). The minimum Gasteiger partial charge on any atom is -0.330 e. The smallest absolute Gasteiger partial charge is 0.0827 e. The van der Waals surface area contributed by atoms with Crippen molar-refractivity contribution in [3.63, 3.8) is 0 Å². The van der Waals surface area contributed by atoms with Crippen LogP contribution in [0.3, 0.4) is 0 Å². The second-order valence-corrected chi connectivity index (χ2v) is 4.47. The van der Waals surface area contributed by atoms with Crippen molar-refractivity contribution in [1.82, 2.24) is 15.0 Å². The lowest BCUT2D eigenvalue weighted by molar-refractivity contribution is 0.649. The molecule has 0 radical (unpaired) electrons. The molecule has 0 amide bonds. The van der Waals surface area contributed by atoms with Gasteiger partial charge in [0, 0.05) is 6.20 Å². The van der Waals surface area contributed by atoms with Gasteiger partial charge in [0.15, 0.2) is 0 Å². The zero-order valence-electron chi connectivity index (χ0n) is 10.8. The Morgan fingerprint density at radius 1 is 1.17 bits per heavy atom. The molecule has 0 spiro atoms. The van der Waals surface area contributed by atoms with E-state index in [-0.39, 0.29) is 0 Å². The normalized spacial score (nSPS) is 10.8. The molecule has 4 heteroatoms. The molecule has 0 unspecified atom stereocenters. The average molecular weight is 244 g/mol. The highest BCUT2D eigenvalue weighted by Gasteiger charge is 2.01. The van der Waals surface area contributed by atoms with Gasteiger partial charge in [-0.15, -0.1) is 5.10 Å². The van der Waals surface area contributed by atoms with Gasteiger partial charge in [0.2, 0.25) is 0 Å². The maximum atomic E-state index is 5.48. The first-order valence-corrected chi connectivity index (χ1v) is 6.48. The van der Waals surface area contributed by atoms with Gasteiger partial charge in [-0.05, 0) is 36.9 Å². The zero-order chi connectivity index (χ0) is 12.8. The van der Waals surface area contributed by atoms with E-state index < -0.39 is 0 Å². The molecule has 1 aromatic heterocycles. The summed E-state index contributed by atoms with van der Waals surface area (Å²) in [6.07, 6.45) is 4.95. The monoisotopic (exact) mass is 244 g/mol. The van der Waals surface area contributed by atoms with Crippen LogP contribution in [0.4, 0.5) is 0 Å². The van der Waals surface area contributed by atoms with Crippen LogP contribution in [0, 0.1) is 0 Å². The van der Waals surface area contributed by atoms with Crippen LogP contribution in [0.2, 0.25) is 0 Å². The number of hydrogen-bond acceptors (Lipinski definition) is 3. The summed E-state index contributed by atoms with van der Waals surface area (Å²) < 4.78 is 1.88. The summed E-state index contributed by atoms with van der Waals surface area (Å²) in [5.74, 6) is 0. The van der Waals surface area contributed by atoms with Crippen LogP contribution in [0.1, 0.15) is 30.2 Å². The fraction of sp³-hybridized carbons (Fsp3) is 0.429. The van der Waals surface area contributed by atoms with Crippen molar-refractivity contribution in [2.45, 2.75) is 32.7 Å². The second-order valence-electron chi connectivity index (χ2n) is 4.47. The largest absolute Gasteiger partial charge is 0.330 e. The molecular formula is C14H20N4. The summed E-state index contributed by atoms with van der Waals surface area (Å²) in [6, 6.07) is 8.64. The highest BCUT2D eigenvalue weighted by molar-refractivity contribution is 5.22. The number of nitrogens with zero attached hydrogens (tertiary/aromatic N) is 3. The van der Waals surface area contributed by atoms with E-state index in [2.05, 4.69) is 41.5 Å². The minimum atomic E-state index is 0.700. The number of aromatic nitrogens is 3. The van der Waals surface area contributed by atoms with Gasteiger partial charge in [0.05, 0.1) is 12.2 Å². The van der Waals surface area contributed by atoms with Gasteiger partial charge < -0.3 is 5.73 Å². The van der Waals surface area contributed by atoms with E-state index >= 15 is 0 Å². The Morgan fingerprint density at radius 3 is 2.56 bits per heavy atom. The molecule has 96 valence electrons. The molecular weight excluding hydrogens is 224 g/mol. The summed E-state index contributed by atoms with van der Waals surface area (Å²) >= 11 is 0. The number of aryl methyl sites for hydroxylation is 2. The molecule has 0 aliphatic heterocycles. The Hall–Kier alpha value is -1.68. The van der Waals surface area contributed by atoms with Crippen molar-refractivity contribution >= 4 is 0 Å². The summed E-state index contributed by atoms with van der Waals surface area (Å²) in [4.78, 5) is 0. The SMILES string of the molecule is CCc1ccc(Cn2cc(CCCN)nn2)cc1. The lowest BCUT2D eigenvalue weighted by atomic mass is 10.1. The van der Waals surface area contributed by atoms with Crippen LogP contribution in [0.5, 0.6) is 0 Å². The number of benzene rings is 1. The molecule has 1 aromatic carbocycles. The number of nitrogens with two attached hydrogens (primary N) is 1. The molecule has 0 aliphatic carbocycles. The summed E-state index contributed by atoms with van der Waals surface area (Å²) in [6.45, 7) is 3.64. The summed E-state index contributed by atoms with van der Waals surface area (Å²) in [5.41, 5.74) is 9.11. The first kappa shape index (κ1) is 12.8. The molecule has 18 heavy (non-hydrogen) atoms. The first-order valence-electron chi connectivity index (χ1n) is 6.48. The third kappa shape index (κ3) is 3.40. The zero-order valence-corrected chi connectivity index (χ0v) is 10.8. The van der Waals surface area contributed by atoms with Gasteiger partial charge in [-0.2, -0.15) is 0 Å². The molecule has 2 aromatic rings. The van der Waals surface area contributed by atoms with E-state index in [0.29, 0.717) is 6.54 Å². The third-order valence-electron chi connectivity index (χ3n) is 3.00. The van der Waals surface area contributed by atoms with E-state index in [0.717, 1.165) is 31.5 Å². The Balaban J connectivity index is 1.97. The molecule has 1 heterocycles. The maximum absolute atomic E-state index is 5.48. The Morgan fingerprint density at radius 2 is 1.89 bits per heavy atom. The van der Waals surface area contributed by atoms with E-state index in [4.69, 9.17) is 5.73 Å². The van der Waals surface area contributed by atoms with Crippen LogP contribution in [0.15, 0.2) is 30.5 Å². The molecule has 0 saturated carbocycles. The molecule has 2 N–H and O–H groups in total. The van der Waals surface area contributed by atoms with Gasteiger partial charge in [-0.1, -0.05) is 36.4 Å². The molecule has 0 atom stereocenters. The van der Waals surface area contributed by atoms with Crippen molar-refractivity contribution in [3.8, 4) is 0 Å². The molecule has 4 nitrogen and oxygen atoms in total. The Labute approximate surface area is 108 Å². The Kier molecular flexibility index (Phi) is 4.47. The predicted octanol–water partition coefficient (Wildman–Crippen LogP) is 1.78. The topological polar surface area (TPSA) is 56.7 Å². The third-order valence-corrected chi connectivity index (χ3v) is 3.00. The lowest BCUT2D eigenvalue weighted by Gasteiger charge is -2.02. The fourth-order valence-corrected chi connectivity index (χ4v) is 1.88. The van der Waals surface area contributed by atoms with Crippen LogP contribution >= 0.6 is 0 Å². The van der Waals surface area contributed by atoms with Gasteiger partial charge in [-0.3, -0.25) is 0 Å². The van der Waals surface area contributed by atoms with Crippen molar-refractivity contribution in [2.75, 3.05) is 6.54 Å². The van der Waals surface area contributed by atoms with E-state index in [1.165, 1.54) is 11.1 Å². The van der Waals surface area contributed by atoms with Gasteiger partial charge >= 0.3 is 0 Å². The molecule has 0 aliphatic rings. The molecule has 0 fully saturated rings. The van der Waals surface area contributed by atoms with Crippen LogP contribution in [0.25, 0.3) is 0 Å². The van der Waals surface area contributed by atoms with Gasteiger partial charge in [0.25, 0.3) is 0 Å².